The van der Waals surface area contributed by atoms with Crippen LogP contribution in [0.5, 0.6) is 0 Å². The first-order chi connectivity index (χ1) is 16.7. The summed E-state index contributed by atoms with van der Waals surface area (Å²) in [6.45, 7) is 2.19. The molecule has 172 valence electrons. The first-order valence-electron chi connectivity index (χ1n) is 11.7. The number of nitrogens with zero attached hydrogens (tertiary/aromatic N) is 4. The van der Waals surface area contributed by atoms with E-state index in [0.717, 1.165) is 60.1 Å². The van der Waals surface area contributed by atoms with Crippen molar-refractivity contribution in [3.63, 3.8) is 0 Å². The lowest BCUT2D eigenvalue weighted by molar-refractivity contribution is -0.131. The first kappa shape index (κ1) is 21.8. The number of fused-ring (bicyclic) bond motifs is 1. The number of hydrogen-bond donors (Lipinski definition) is 2. The van der Waals surface area contributed by atoms with Gasteiger partial charge in [-0.05, 0) is 65.3 Å². The predicted octanol–water partition coefficient (Wildman–Crippen LogP) is 5.53. The number of carboxylic acids is 1. The molecule has 0 radical (unpaired) electrons. The van der Waals surface area contributed by atoms with Crippen LogP contribution in [0, 0.1) is 0 Å². The lowest BCUT2D eigenvalue weighted by Crippen LogP contribution is -2.20. The SMILES string of the molecule is CCCCc1ccc2n1C(c1ccc(-c3ccccc3-c3nn[nH]n3)cc1)CC/C2=C/C(=O)O. The van der Waals surface area contributed by atoms with E-state index in [-0.39, 0.29) is 6.04 Å². The molecule has 4 aromatic rings. The first-order valence-corrected chi connectivity index (χ1v) is 11.7. The van der Waals surface area contributed by atoms with Gasteiger partial charge < -0.3 is 9.67 Å². The third-order valence-electron chi connectivity index (χ3n) is 6.53. The maximum Gasteiger partial charge on any atom is 0.328 e. The molecule has 1 unspecified atom stereocenters. The highest BCUT2D eigenvalue weighted by molar-refractivity contribution is 5.90. The van der Waals surface area contributed by atoms with Gasteiger partial charge in [-0.3, -0.25) is 0 Å². The van der Waals surface area contributed by atoms with E-state index in [4.69, 9.17) is 0 Å². The van der Waals surface area contributed by atoms with E-state index in [1.807, 2.05) is 18.2 Å². The number of rotatable bonds is 7. The highest BCUT2D eigenvalue weighted by atomic mass is 16.4. The fourth-order valence-electron chi connectivity index (χ4n) is 4.93. The van der Waals surface area contributed by atoms with Gasteiger partial charge >= 0.3 is 5.97 Å². The Balaban J connectivity index is 1.51. The summed E-state index contributed by atoms with van der Waals surface area (Å²) in [5, 5.41) is 23.9. The fraction of sp³-hybridized carbons (Fsp3) is 0.259. The minimum Gasteiger partial charge on any atom is -0.478 e. The van der Waals surface area contributed by atoms with Crippen molar-refractivity contribution in [3.05, 3.63) is 83.7 Å². The van der Waals surface area contributed by atoms with E-state index in [9.17, 15) is 9.90 Å². The minimum absolute atomic E-state index is 0.185. The predicted molar refractivity (Wildman–Crippen MR) is 131 cm³/mol. The highest BCUT2D eigenvalue weighted by Crippen LogP contribution is 2.40. The Morgan fingerprint density at radius 3 is 2.62 bits per heavy atom. The second-order valence-corrected chi connectivity index (χ2v) is 8.65. The number of tetrazole rings is 1. The Bertz CT molecular complexity index is 1320. The van der Waals surface area contributed by atoms with Crippen LogP contribution in [0.4, 0.5) is 0 Å². The van der Waals surface area contributed by atoms with Crippen LogP contribution in [0.3, 0.4) is 0 Å². The molecular formula is C27H27N5O2. The van der Waals surface area contributed by atoms with Gasteiger partial charge in [-0.2, -0.15) is 5.21 Å². The summed E-state index contributed by atoms with van der Waals surface area (Å²) in [5.74, 6) is -0.316. The zero-order chi connectivity index (χ0) is 23.5. The van der Waals surface area contributed by atoms with Crippen molar-refractivity contribution in [1.82, 2.24) is 25.2 Å². The molecular weight excluding hydrogens is 426 g/mol. The van der Waals surface area contributed by atoms with Gasteiger partial charge in [0.05, 0.1) is 6.04 Å². The summed E-state index contributed by atoms with van der Waals surface area (Å²) in [4.78, 5) is 11.4. The molecule has 7 nitrogen and oxygen atoms in total. The van der Waals surface area contributed by atoms with Crippen LogP contribution in [0.15, 0.2) is 66.7 Å². The van der Waals surface area contributed by atoms with Gasteiger partial charge in [-0.15, -0.1) is 10.2 Å². The minimum atomic E-state index is -0.888. The Morgan fingerprint density at radius 2 is 1.91 bits per heavy atom. The van der Waals surface area contributed by atoms with Gasteiger partial charge in [0.25, 0.3) is 0 Å². The van der Waals surface area contributed by atoms with Crippen molar-refractivity contribution in [2.75, 3.05) is 0 Å². The molecule has 0 spiro atoms. The topological polar surface area (TPSA) is 96.7 Å². The maximum atomic E-state index is 11.4. The van der Waals surface area contributed by atoms with Crippen LogP contribution < -0.4 is 0 Å². The van der Waals surface area contributed by atoms with Crippen molar-refractivity contribution in [3.8, 4) is 22.5 Å². The van der Waals surface area contributed by atoms with Crippen LogP contribution in [0.25, 0.3) is 28.1 Å². The Labute approximate surface area is 198 Å². The number of unbranched alkanes of at least 4 members (excludes halogenated alkanes) is 1. The molecule has 1 aliphatic heterocycles. The standard InChI is InChI=1S/C27H27N5O2/c1-2-3-6-21-14-16-25-20(17-26(33)34)13-15-24(32(21)25)19-11-9-18(10-12-19)22-7-4-5-8-23(22)27-28-30-31-29-27/h4-5,7-12,14,16-17,24H,2-3,6,13,15H2,1H3,(H,33,34)(H,28,29,30,31)/b20-17-. The van der Waals surface area contributed by atoms with Crippen molar-refractivity contribution in [2.45, 2.75) is 45.1 Å². The molecule has 3 heterocycles. The number of aryl methyl sites for hydroxylation is 1. The second-order valence-electron chi connectivity index (χ2n) is 8.65. The number of aliphatic carboxylic acids is 1. The van der Waals surface area contributed by atoms with Crippen molar-refractivity contribution >= 4 is 11.5 Å². The van der Waals surface area contributed by atoms with Crippen LogP contribution in [-0.2, 0) is 11.2 Å². The summed E-state index contributed by atoms with van der Waals surface area (Å²) in [6.07, 6.45) is 6.21. The molecule has 7 heteroatoms. The van der Waals surface area contributed by atoms with E-state index in [2.05, 4.69) is 74.6 Å². The third kappa shape index (κ3) is 4.17. The van der Waals surface area contributed by atoms with E-state index >= 15 is 0 Å². The second kappa shape index (κ2) is 9.47. The Morgan fingerprint density at radius 1 is 1.12 bits per heavy atom. The fourth-order valence-corrected chi connectivity index (χ4v) is 4.93. The summed E-state index contributed by atoms with van der Waals surface area (Å²) in [7, 11) is 0. The Kier molecular flexibility index (Phi) is 6.08. The molecule has 0 saturated heterocycles. The van der Waals surface area contributed by atoms with E-state index in [1.54, 1.807) is 0 Å². The molecule has 0 fully saturated rings. The molecule has 2 aromatic heterocycles. The lowest BCUT2D eigenvalue weighted by atomic mass is 9.91. The number of aromatic nitrogens is 5. The van der Waals surface area contributed by atoms with Crippen LogP contribution in [0.2, 0.25) is 0 Å². The number of H-pyrrole nitrogens is 1. The molecule has 34 heavy (non-hydrogen) atoms. The number of carboxylic acid groups (broad SMARTS) is 1. The van der Waals surface area contributed by atoms with Crippen molar-refractivity contribution in [2.24, 2.45) is 0 Å². The van der Waals surface area contributed by atoms with Gasteiger partial charge in [0, 0.05) is 23.0 Å². The number of allylic oxidation sites excluding steroid dienone is 1. The molecule has 5 rings (SSSR count). The zero-order valence-corrected chi connectivity index (χ0v) is 19.1. The molecule has 0 amide bonds. The zero-order valence-electron chi connectivity index (χ0n) is 19.1. The van der Waals surface area contributed by atoms with Gasteiger partial charge in [-0.25, -0.2) is 4.79 Å². The Hall–Kier alpha value is -4.00. The monoisotopic (exact) mass is 453 g/mol. The van der Waals surface area contributed by atoms with Crippen LogP contribution in [-0.4, -0.2) is 36.3 Å². The normalized spacial score (nSPS) is 16.5. The number of carbonyl (C=O) groups is 1. The van der Waals surface area contributed by atoms with Crippen molar-refractivity contribution in [1.29, 1.82) is 0 Å². The van der Waals surface area contributed by atoms with E-state index in [1.165, 1.54) is 17.3 Å². The molecule has 1 aliphatic rings. The molecule has 0 saturated carbocycles. The third-order valence-corrected chi connectivity index (χ3v) is 6.53. The molecule has 2 aromatic carbocycles. The summed E-state index contributed by atoms with van der Waals surface area (Å²) in [6, 6.07) is 21.1. The van der Waals surface area contributed by atoms with Crippen LogP contribution >= 0.6 is 0 Å². The van der Waals surface area contributed by atoms with Gasteiger partial charge in [0.15, 0.2) is 0 Å². The number of benzene rings is 2. The highest BCUT2D eigenvalue weighted by Gasteiger charge is 2.27. The summed E-state index contributed by atoms with van der Waals surface area (Å²) < 4.78 is 2.36. The largest absolute Gasteiger partial charge is 0.478 e. The summed E-state index contributed by atoms with van der Waals surface area (Å²) >= 11 is 0. The van der Waals surface area contributed by atoms with Gasteiger partial charge in [0.2, 0.25) is 5.82 Å². The average molecular weight is 454 g/mol. The molecule has 1 atom stereocenters. The van der Waals surface area contributed by atoms with Gasteiger partial charge in [0.1, 0.15) is 0 Å². The lowest BCUT2D eigenvalue weighted by Gasteiger charge is -2.30. The number of aromatic amines is 1. The average Bonchev–Trinajstić information content (AvgIpc) is 3.54. The number of hydrogen-bond acceptors (Lipinski definition) is 4. The molecule has 0 bridgehead atoms. The van der Waals surface area contributed by atoms with Crippen molar-refractivity contribution < 1.29 is 9.90 Å². The summed E-state index contributed by atoms with van der Waals surface area (Å²) in [5.41, 5.74) is 7.49. The number of nitrogens with one attached hydrogen (secondary N) is 1. The van der Waals surface area contributed by atoms with Crippen LogP contribution in [0.1, 0.15) is 55.6 Å². The quantitative estimate of drug-likeness (QED) is 0.359. The van der Waals surface area contributed by atoms with E-state index < -0.39 is 5.97 Å². The van der Waals surface area contributed by atoms with Gasteiger partial charge in [-0.1, -0.05) is 61.9 Å². The molecule has 0 aliphatic carbocycles. The molecule has 2 N–H and O–H groups in total. The maximum absolute atomic E-state index is 11.4. The smallest absolute Gasteiger partial charge is 0.328 e. The van der Waals surface area contributed by atoms with E-state index in [0.29, 0.717) is 5.82 Å².